The van der Waals surface area contributed by atoms with E-state index in [1.54, 1.807) is 18.3 Å². The lowest BCUT2D eigenvalue weighted by atomic mass is 10.2. The van der Waals surface area contributed by atoms with Gasteiger partial charge in [-0.3, -0.25) is 0 Å². The highest BCUT2D eigenvalue weighted by atomic mass is 35.5. The fraction of sp³-hybridized carbons (Fsp3) is 0.100. The molecular weight excluding hydrogens is 202 g/mol. The van der Waals surface area contributed by atoms with Crippen molar-refractivity contribution in [1.82, 2.24) is 4.98 Å². The second-order valence-corrected chi connectivity index (χ2v) is 3.32. The van der Waals surface area contributed by atoms with Gasteiger partial charge in [-0.05, 0) is 18.2 Å². The summed E-state index contributed by atoms with van der Waals surface area (Å²) < 4.78 is 4.64. The summed E-state index contributed by atoms with van der Waals surface area (Å²) in [7, 11) is 1.35. The van der Waals surface area contributed by atoms with Crippen molar-refractivity contribution in [2.45, 2.75) is 0 Å². The Hall–Kier alpha value is -1.48. The molecule has 1 N–H and O–H groups in total. The molecule has 0 aliphatic rings. The molecule has 0 aliphatic carbocycles. The highest BCUT2D eigenvalue weighted by molar-refractivity contribution is 6.31. The lowest BCUT2D eigenvalue weighted by molar-refractivity contribution is 0.0603. The molecule has 0 amide bonds. The number of ether oxygens (including phenoxy) is 1. The summed E-state index contributed by atoms with van der Waals surface area (Å²) in [5.41, 5.74) is 1.37. The quantitative estimate of drug-likeness (QED) is 0.734. The Kier molecular flexibility index (Phi) is 2.17. The third-order valence-corrected chi connectivity index (χ3v) is 2.28. The molecule has 14 heavy (non-hydrogen) atoms. The number of carbonyl (C=O) groups is 1. The summed E-state index contributed by atoms with van der Waals surface area (Å²) in [4.78, 5) is 14.3. The van der Waals surface area contributed by atoms with Gasteiger partial charge in [0.1, 0.15) is 0 Å². The average Bonchev–Trinajstić information content (AvgIpc) is 2.59. The van der Waals surface area contributed by atoms with E-state index in [0.29, 0.717) is 10.6 Å². The van der Waals surface area contributed by atoms with Crippen LogP contribution in [0.1, 0.15) is 10.4 Å². The molecule has 0 atom stereocenters. The van der Waals surface area contributed by atoms with Gasteiger partial charge < -0.3 is 9.72 Å². The number of benzene rings is 1. The molecule has 0 aliphatic heterocycles. The van der Waals surface area contributed by atoms with Crippen LogP contribution >= 0.6 is 11.6 Å². The summed E-state index contributed by atoms with van der Waals surface area (Å²) in [6.07, 6.45) is 1.62. The zero-order chi connectivity index (χ0) is 10.1. The van der Waals surface area contributed by atoms with Gasteiger partial charge in [0.25, 0.3) is 0 Å². The van der Waals surface area contributed by atoms with Crippen LogP contribution in [0, 0.1) is 0 Å². The number of carbonyl (C=O) groups excluding carboxylic acids is 1. The fourth-order valence-electron chi connectivity index (χ4n) is 1.37. The van der Waals surface area contributed by atoms with Crippen LogP contribution in [0.25, 0.3) is 10.9 Å². The lowest BCUT2D eigenvalue weighted by Crippen LogP contribution is -1.99. The van der Waals surface area contributed by atoms with Crippen molar-refractivity contribution in [3.05, 3.63) is 35.0 Å². The molecule has 2 aromatic rings. The van der Waals surface area contributed by atoms with Crippen LogP contribution in [0.3, 0.4) is 0 Å². The second kappa shape index (κ2) is 3.35. The molecule has 3 nitrogen and oxygen atoms in total. The third kappa shape index (κ3) is 1.36. The molecule has 1 heterocycles. The van der Waals surface area contributed by atoms with Crippen LogP contribution in [0.15, 0.2) is 24.4 Å². The van der Waals surface area contributed by atoms with E-state index in [4.69, 9.17) is 11.6 Å². The van der Waals surface area contributed by atoms with E-state index in [0.717, 1.165) is 10.9 Å². The van der Waals surface area contributed by atoms with Crippen LogP contribution in [0.2, 0.25) is 5.02 Å². The van der Waals surface area contributed by atoms with Crippen molar-refractivity contribution < 1.29 is 9.53 Å². The number of rotatable bonds is 1. The Bertz CT molecular complexity index is 490. The van der Waals surface area contributed by atoms with E-state index in [2.05, 4.69) is 9.72 Å². The fourth-order valence-corrected chi connectivity index (χ4v) is 1.54. The number of H-pyrrole nitrogens is 1. The van der Waals surface area contributed by atoms with E-state index < -0.39 is 0 Å². The summed E-state index contributed by atoms with van der Waals surface area (Å²) in [6.45, 7) is 0. The minimum absolute atomic E-state index is 0.362. The van der Waals surface area contributed by atoms with Gasteiger partial charge in [0, 0.05) is 22.1 Å². The van der Waals surface area contributed by atoms with Crippen molar-refractivity contribution >= 4 is 28.5 Å². The molecular formula is C10H8ClNO2. The maximum absolute atomic E-state index is 11.3. The Labute approximate surface area is 85.6 Å². The summed E-state index contributed by atoms with van der Waals surface area (Å²) in [5.74, 6) is -0.362. The monoisotopic (exact) mass is 209 g/mol. The molecule has 0 saturated heterocycles. The molecule has 0 saturated carbocycles. The van der Waals surface area contributed by atoms with Gasteiger partial charge in [-0.25, -0.2) is 4.79 Å². The summed E-state index contributed by atoms with van der Waals surface area (Å²) in [6, 6.07) is 5.32. The molecule has 2 rings (SSSR count). The van der Waals surface area contributed by atoms with Crippen LogP contribution in [0.4, 0.5) is 0 Å². The van der Waals surface area contributed by atoms with Gasteiger partial charge in [-0.1, -0.05) is 11.6 Å². The Morgan fingerprint density at radius 2 is 2.29 bits per heavy atom. The lowest BCUT2D eigenvalue weighted by Gasteiger charge is -1.96. The smallest absolute Gasteiger partial charge is 0.340 e. The largest absolute Gasteiger partial charge is 0.465 e. The molecule has 0 radical (unpaired) electrons. The first kappa shape index (κ1) is 9.09. The maximum Gasteiger partial charge on any atom is 0.340 e. The molecule has 0 bridgehead atoms. The number of esters is 1. The van der Waals surface area contributed by atoms with E-state index in [1.807, 2.05) is 6.07 Å². The molecule has 0 fully saturated rings. The van der Waals surface area contributed by atoms with Gasteiger partial charge in [-0.15, -0.1) is 0 Å². The van der Waals surface area contributed by atoms with Crippen molar-refractivity contribution in [3.8, 4) is 0 Å². The van der Waals surface area contributed by atoms with Crippen molar-refractivity contribution in [2.24, 2.45) is 0 Å². The van der Waals surface area contributed by atoms with Crippen LogP contribution < -0.4 is 0 Å². The van der Waals surface area contributed by atoms with Crippen LogP contribution in [-0.4, -0.2) is 18.1 Å². The molecule has 72 valence electrons. The van der Waals surface area contributed by atoms with Crippen LogP contribution in [0.5, 0.6) is 0 Å². The minimum Gasteiger partial charge on any atom is -0.465 e. The normalized spacial score (nSPS) is 10.4. The standard InChI is InChI=1S/C10H8ClNO2/c1-14-10(13)8-5-12-9-3-2-6(11)4-7(8)9/h2-5,12H,1H3. The number of methoxy groups -OCH3 is 1. The number of hydrogen-bond donors (Lipinski definition) is 1. The van der Waals surface area contributed by atoms with Crippen LogP contribution in [-0.2, 0) is 4.74 Å². The third-order valence-electron chi connectivity index (χ3n) is 2.05. The van der Waals surface area contributed by atoms with Gasteiger partial charge in [0.05, 0.1) is 12.7 Å². The van der Waals surface area contributed by atoms with Gasteiger partial charge in [-0.2, -0.15) is 0 Å². The first-order chi connectivity index (χ1) is 6.72. The number of aromatic nitrogens is 1. The first-order valence-electron chi connectivity index (χ1n) is 4.07. The average molecular weight is 210 g/mol. The predicted molar refractivity (Wildman–Crippen MR) is 54.6 cm³/mol. The van der Waals surface area contributed by atoms with E-state index in [-0.39, 0.29) is 5.97 Å². The minimum atomic E-state index is -0.362. The highest BCUT2D eigenvalue weighted by Crippen LogP contribution is 2.22. The molecule has 0 spiro atoms. The first-order valence-corrected chi connectivity index (χ1v) is 4.45. The summed E-state index contributed by atoms with van der Waals surface area (Å²) >= 11 is 5.83. The second-order valence-electron chi connectivity index (χ2n) is 2.88. The molecule has 0 unspecified atom stereocenters. The molecule has 1 aromatic heterocycles. The number of aromatic amines is 1. The Balaban J connectivity index is 2.67. The van der Waals surface area contributed by atoms with Gasteiger partial charge in [0.15, 0.2) is 0 Å². The van der Waals surface area contributed by atoms with Crippen molar-refractivity contribution in [3.63, 3.8) is 0 Å². The zero-order valence-electron chi connectivity index (χ0n) is 7.50. The number of hydrogen-bond acceptors (Lipinski definition) is 2. The van der Waals surface area contributed by atoms with Crippen molar-refractivity contribution in [2.75, 3.05) is 7.11 Å². The number of nitrogens with one attached hydrogen (secondary N) is 1. The van der Waals surface area contributed by atoms with Gasteiger partial charge >= 0.3 is 5.97 Å². The maximum atomic E-state index is 11.3. The Morgan fingerprint density at radius 3 is 3.00 bits per heavy atom. The van der Waals surface area contributed by atoms with E-state index in [1.165, 1.54) is 7.11 Å². The van der Waals surface area contributed by atoms with Crippen molar-refractivity contribution in [1.29, 1.82) is 0 Å². The zero-order valence-corrected chi connectivity index (χ0v) is 8.26. The number of halogens is 1. The SMILES string of the molecule is COC(=O)c1c[nH]c2ccc(Cl)cc12. The molecule has 1 aromatic carbocycles. The Morgan fingerprint density at radius 1 is 1.50 bits per heavy atom. The highest BCUT2D eigenvalue weighted by Gasteiger charge is 2.11. The van der Waals surface area contributed by atoms with E-state index >= 15 is 0 Å². The molecule has 4 heteroatoms. The topological polar surface area (TPSA) is 42.1 Å². The number of fused-ring (bicyclic) bond motifs is 1. The predicted octanol–water partition coefficient (Wildman–Crippen LogP) is 2.61. The van der Waals surface area contributed by atoms with Gasteiger partial charge in [0.2, 0.25) is 0 Å². The van der Waals surface area contributed by atoms with E-state index in [9.17, 15) is 4.79 Å². The summed E-state index contributed by atoms with van der Waals surface area (Å²) in [5, 5.41) is 1.38.